The minimum Gasteiger partial charge on any atom is -0.481 e. The lowest BCUT2D eigenvalue weighted by Crippen LogP contribution is -2.57. The number of nitrogens with zero attached hydrogens (tertiary/aromatic N) is 3. The molecule has 1 aromatic carbocycles. The normalized spacial score (nSPS) is 24.3. The maximum Gasteiger partial charge on any atom is 0.303 e. The number of halogens is 1. The van der Waals surface area contributed by atoms with Gasteiger partial charge in [-0.3, -0.25) is 14.5 Å². The lowest BCUT2D eigenvalue weighted by atomic mass is 9.86. The maximum atomic E-state index is 13.4. The molecule has 0 unspecified atom stereocenters. The molecule has 1 N–H and O–H groups in total. The van der Waals surface area contributed by atoms with Crippen LogP contribution in [-0.2, 0) is 4.79 Å². The second kappa shape index (κ2) is 9.01. The van der Waals surface area contributed by atoms with E-state index in [1.807, 2.05) is 4.90 Å². The molecular formula is C21H30FN3O3. The van der Waals surface area contributed by atoms with Crippen LogP contribution < -0.4 is 0 Å². The molecule has 0 spiro atoms. The van der Waals surface area contributed by atoms with Gasteiger partial charge in [-0.25, -0.2) is 4.39 Å². The van der Waals surface area contributed by atoms with Crippen molar-refractivity contribution >= 4 is 11.9 Å². The van der Waals surface area contributed by atoms with E-state index >= 15 is 0 Å². The topological polar surface area (TPSA) is 64.1 Å². The number of carboxylic acids is 1. The summed E-state index contributed by atoms with van der Waals surface area (Å²) in [4.78, 5) is 30.7. The van der Waals surface area contributed by atoms with Gasteiger partial charge in [0.1, 0.15) is 5.82 Å². The molecule has 0 saturated carbocycles. The fourth-order valence-electron chi connectivity index (χ4n) is 4.47. The molecule has 1 amide bonds. The third-order valence-corrected chi connectivity index (χ3v) is 6.14. The summed E-state index contributed by atoms with van der Waals surface area (Å²) in [6.07, 6.45) is 1.53. The molecule has 0 aliphatic carbocycles. The van der Waals surface area contributed by atoms with Gasteiger partial charge in [-0.15, -0.1) is 0 Å². The van der Waals surface area contributed by atoms with Crippen molar-refractivity contribution in [1.29, 1.82) is 0 Å². The summed E-state index contributed by atoms with van der Waals surface area (Å²) in [5.41, 5.74) is 1.16. The second-order valence-electron chi connectivity index (χ2n) is 8.10. The number of carboxylic acid groups (broad SMARTS) is 1. The molecule has 0 radical (unpaired) electrons. The zero-order chi connectivity index (χ0) is 20.3. The first-order valence-corrected chi connectivity index (χ1v) is 10.0. The predicted octanol–water partition coefficient (Wildman–Crippen LogP) is 2.08. The van der Waals surface area contributed by atoms with Crippen LogP contribution in [0.3, 0.4) is 0 Å². The van der Waals surface area contributed by atoms with Crippen molar-refractivity contribution in [2.75, 3.05) is 46.3 Å². The first-order valence-electron chi connectivity index (χ1n) is 10.0. The van der Waals surface area contributed by atoms with Gasteiger partial charge in [0.2, 0.25) is 0 Å². The quantitative estimate of drug-likeness (QED) is 0.833. The zero-order valence-corrected chi connectivity index (χ0v) is 16.7. The second-order valence-corrected chi connectivity index (χ2v) is 8.10. The van der Waals surface area contributed by atoms with Crippen LogP contribution in [0.4, 0.5) is 4.39 Å². The Balaban J connectivity index is 1.72. The lowest BCUT2D eigenvalue weighted by Gasteiger charge is -2.46. The number of aliphatic carboxylic acids is 1. The molecule has 1 aromatic rings. The van der Waals surface area contributed by atoms with Crippen molar-refractivity contribution in [2.24, 2.45) is 5.92 Å². The Labute approximate surface area is 165 Å². The number of rotatable bonds is 5. The summed E-state index contributed by atoms with van der Waals surface area (Å²) in [5.74, 6) is -1.09. The van der Waals surface area contributed by atoms with Crippen molar-refractivity contribution in [3.63, 3.8) is 0 Å². The van der Waals surface area contributed by atoms with Gasteiger partial charge < -0.3 is 14.9 Å². The number of piperazine rings is 1. The van der Waals surface area contributed by atoms with Crippen LogP contribution in [0, 0.1) is 18.7 Å². The first-order chi connectivity index (χ1) is 13.3. The van der Waals surface area contributed by atoms with Gasteiger partial charge in [0, 0.05) is 57.3 Å². The zero-order valence-electron chi connectivity index (χ0n) is 16.7. The number of amides is 1. The van der Waals surface area contributed by atoms with Crippen LogP contribution in [-0.4, -0.2) is 84.0 Å². The molecule has 2 aliphatic rings. The largest absolute Gasteiger partial charge is 0.481 e. The summed E-state index contributed by atoms with van der Waals surface area (Å²) in [5, 5.41) is 9.15. The highest BCUT2D eigenvalue weighted by molar-refractivity contribution is 5.95. The number of carbonyl (C=O) groups excluding carboxylic acids is 1. The molecule has 28 heavy (non-hydrogen) atoms. The smallest absolute Gasteiger partial charge is 0.303 e. The monoisotopic (exact) mass is 391 g/mol. The predicted molar refractivity (Wildman–Crippen MR) is 105 cm³/mol. The first kappa shape index (κ1) is 20.7. The standard InChI is InChI=1S/C21H30FN3O3/c1-15-13-17(22)4-5-18(15)21(28)25-8-7-19(16(14-25)3-6-20(26)27)24-11-9-23(2)10-12-24/h4-5,13,16,19H,3,6-12,14H2,1-2H3,(H,26,27)/t16-,19+/m0/s1. The van der Waals surface area contributed by atoms with E-state index in [2.05, 4.69) is 16.8 Å². The van der Waals surface area contributed by atoms with E-state index in [4.69, 9.17) is 5.11 Å². The van der Waals surface area contributed by atoms with Crippen molar-refractivity contribution in [2.45, 2.75) is 32.2 Å². The lowest BCUT2D eigenvalue weighted by molar-refractivity contribution is -0.137. The number of likely N-dealkylation sites (N-methyl/N-ethyl adjacent to an activating group) is 1. The van der Waals surface area contributed by atoms with Crippen molar-refractivity contribution in [3.05, 3.63) is 35.1 Å². The molecule has 6 nitrogen and oxygen atoms in total. The minimum absolute atomic E-state index is 0.0883. The summed E-state index contributed by atoms with van der Waals surface area (Å²) < 4.78 is 13.4. The Morgan fingerprint density at radius 3 is 2.54 bits per heavy atom. The fourth-order valence-corrected chi connectivity index (χ4v) is 4.47. The molecule has 2 fully saturated rings. The van der Waals surface area contributed by atoms with Crippen LogP contribution in [0.2, 0.25) is 0 Å². The summed E-state index contributed by atoms with van der Waals surface area (Å²) in [6.45, 7) is 6.94. The molecular weight excluding hydrogens is 361 g/mol. The molecule has 2 aliphatic heterocycles. The van der Waals surface area contributed by atoms with E-state index in [0.717, 1.165) is 32.6 Å². The van der Waals surface area contributed by atoms with Crippen molar-refractivity contribution in [3.8, 4) is 0 Å². The van der Waals surface area contributed by atoms with E-state index in [1.54, 1.807) is 13.0 Å². The number of hydrogen-bond donors (Lipinski definition) is 1. The van der Waals surface area contributed by atoms with Crippen LogP contribution in [0.5, 0.6) is 0 Å². The highest BCUT2D eigenvalue weighted by Crippen LogP contribution is 2.28. The van der Waals surface area contributed by atoms with Crippen molar-refractivity contribution in [1.82, 2.24) is 14.7 Å². The number of likely N-dealkylation sites (tertiary alicyclic amines) is 1. The number of hydrogen-bond acceptors (Lipinski definition) is 4. The summed E-state index contributed by atoms with van der Waals surface area (Å²) >= 11 is 0. The van der Waals surface area contributed by atoms with Gasteiger partial charge in [0.15, 0.2) is 0 Å². The highest BCUT2D eigenvalue weighted by atomic mass is 19.1. The average molecular weight is 391 g/mol. The number of aryl methyl sites for hydroxylation is 1. The average Bonchev–Trinajstić information content (AvgIpc) is 2.66. The maximum absolute atomic E-state index is 13.4. The molecule has 0 bridgehead atoms. The fraction of sp³-hybridized carbons (Fsp3) is 0.619. The summed E-state index contributed by atoms with van der Waals surface area (Å²) in [7, 11) is 2.12. The molecule has 7 heteroatoms. The summed E-state index contributed by atoms with van der Waals surface area (Å²) in [6, 6.07) is 4.56. The van der Waals surface area contributed by atoms with Crippen molar-refractivity contribution < 1.29 is 19.1 Å². The number of piperidine rings is 1. The van der Waals surface area contributed by atoms with Gasteiger partial charge >= 0.3 is 5.97 Å². The number of benzene rings is 1. The molecule has 0 aromatic heterocycles. The van der Waals surface area contributed by atoms with Gasteiger partial charge in [0.25, 0.3) is 5.91 Å². The Kier molecular flexibility index (Phi) is 6.67. The third-order valence-electron chi connectivity index (χ3n) is 6.14. The minimum atomic E-state index is -0.796. The van der Waals surface area contributed by atoms with Crippen LogP contribution in [0.25, 0.3) is 0 Å². The molecule has 2 atom stereocenters. The Bertz CT molecular complexity index is 719. The third kappa shape index (κ3) is 4.89. The van der Waals surface area contributed by atoms with Gasteiger partial charge in [-0.2, -0.15) is 0 Å². The molecule has 2 saturated heterocycles. The van der Waals surface area contributed by atoms with E-state index in [0.29, 0.717) is 36.7 Å². The van der Waals surface area contributed by atoms with Crippen LogP contribution >= 0.6 is 0 Å². The SMILES string of the molecule is Cc1cc(F)ccc1C(=O)N1CC[C@@H](N2CCN(C)CC2)[C@@H](CCC(=O)O)C1. The Hall–Kier alpha value is -1.99. The van der Waals surface area contributed by atoms with E-state index in [-0.39, 0.29) is 24.1 Å². The van der Waals surface area contributed by atoms with E-state index < -0.39 is 5.97 Å². The molecule has 2 heterocycles. The Morgan fingerprint density at radius 1 is 1.18 bits per heavy atom. The van der Waals surface area contributed by atoms with Gasteiger partial charge in [-0.1, -0.05) is 0 Å². The van der Waals surface area contributed by atoms with E-state index in [1.165, 1.54) is 12.1 Å². The van der Waals surface area contributed by atoms with E-state index in [9.17, 15) is 14.0 Å². The number of carbonyl (C=O) groups is 2. The van der Waals surface area contributed by atoms with Gasteiger partial charge in [-0.05, 0) is 56.5 Å². The van der Waals surface area contributed by atoms with Gasteiger partial charge in [0.05, 0.1) is 0 Å². The molecule has 3 rings (SSSR count). The van der Waals surface area contributed by atoms with Crippen LogP contribution in [0.1, 0.15) is 35.2 Å². The molecule has 154 valence electrons. The van der Waals surface area contributed by atoms with Crippen LogP contribution in [0.15, 0.2) is 18.2 Å². The Morgan fingerprint density at radius 2 is 1.89 bits per heavy atom. The highest BCUT2D eigenvalue weighted by Gasteiger charge is 2.36.